The van der Waals surface area contributed by atoms with Crippen molar-refractivity contribution in [1.82, 2.24) is 10.3 Å². The highest BCUT2D eigenvalue weighted by Gasteiger charge is 2.56. The average Bonchev–Trinajstić information content (AvgIpc) is 2.79. The lowest BCUT2D eigenvalue weighted by Crippen LogP contribution is -2.14. The van der Waals surface area contributed by atoms with Gasteiger partial charge in [0.2, 0.25) is 0 Å². The lowest BCUT2D eigenvalue weighted by atomic mass is 10.1. The molecule has 76 valence electrons. The molecule has 1 saturated carbocycles. The van der Waals surface area contributed by atoms with Crippen LogP contribution in [0.25, 0.3) is 0 Å². The smallest absolute Gasteiger partial charge is 0.113 e. The normalized spacial score (nSPS) is 31.7. The molecule has 2 fully saturated rings. The molecule has 2 aliphatic rings. The van der Waals surface area contributed by atoms with Gasteiger partial charge in [-0.15, -0.1) is 0 Å². The van der Waals surface area contributed by atoms with E-state index in [1.165, 1.54) is 6.42 Å². The van der Waals surface area contributed by atoms with Crippen LogP contribution in [-0.4, -0.2) is 18.1 Å². The quantitative estimate of drug-likeness (QED) is 0.636. The second-order valence-electron chi connectivity index (χ2n) is 4.60. The minimum Gasteiger partial charge on any atom is -0.315 e. The number of rotatable bonds is 0. The first kappa shape index (κ1) is 8.94. The molecule has 2 atom stereocenters. The van der Waals surface area contributed by atoms with Crippen molar-refractivity contribution < 1.29 is 0 Å². The lowest BCUT2D eigenvalue weighted by Gasteiger charge is -1.99. The van der Waals surface area contributed by atoms with Crippen LogP contribution < -0.4 is 5.32 Å². The SMILES string of the molecule is Cc1cccc(C#CC23CNCC2C3)n1. The first-order valence-corrected chi connectivity index (χ1v) is 5.46. The monoisotopic (exact) mass is 198 g/mol. The molecule has 1 N–H and O–H groups in total. The van der Waals surface area contributed by atoms with E-state index in [9.17, 15) is 0 Å². The minimum atomic E-state index is 0.297. The van der Waals surface area contributed by atoms with Crippen LogP contribution in [0, 0.1) is 30.1 Å². The summed E-state index contributed by atoms with van der Waals surface area (Å²) >= 11 is 0. The lowest BCUT2D eigenvalue weighted by molar-refractivity contribution is 0.666. The van der Waals surface area contributed by atoms with Crippen molar-refractivity contribution in [2.45, 2.75) is 13.3 Å². The Balaban J connectivity index is 1.83. The van der Waals surface area contributed by atoms with Crippen LogP contribution in [-0.2, 0) is 0 Å². The van der Waals surface area contributed by atoms with Crippen molar-refractivity contribution in [2.24, 2.45) is 11.3 Å². The number of aromatic nitrogens is 1. The molecule has 3 rings (SSSR count). The zero-order valence-electron chi connectivity index (χ0n) is 8.88. The molecule has 2 heteroatoms. The maximum absolute atomic E-state index is 4.39. The number of pyridine rings is 1. The van der Waals surface area contributed by atoms with Gasteiger partial charge in [-0.3, -0.25) is 0 Å². The standard InChI is InChI=1S/C13H14N2/c1-10-3-2-4-12(15-10)5-6-13-7-11(13)8-14-9-13/h2-4,11,14H,7-9H2,1H3. The molecular weight excluding hydrogens is 184 g/mol. The predicted octanol–water partition coefficient (Wildman–Crippen LogP) is 1.35. The summed E-state index contributed by atoms with van der Waals surface area (Å²) in [6.07, 6.45) is 1.28. The van der Waals surface area contributed by atoms with Gasteiger partial charge in [-0.2, -0.15) is 0 Å². The number of hydrogen-bond acceptors (Lipinski definition) is 2. The van der Waals surface area contributed by atoms with Crippen molar-refractivity contribution in [3.63, 3.8) is 0 Å². The number of hydrogen-bond donors (Lipinski definition) is 1. The molecule has 1 aliphatic carbocycles. The van der Waals surface area contributed by atoms with E-state index in [2.05, 4.69) is 22.1 Å². The molecule has 15 heavy (non-hydrogen) atoms. The van der Waals surface area contributed by atoms with Crippen molar-refractivity contribution in [1.29, 1.82) is 0 Å². The Labute approximate surface area is 90.1 Å². The van der Waals surface area contributed by atoms with Crippen molar-refractivity contribution >= 4 is 0 Å². The molecular formula is C13H14N2. The van der Waals surface area contributed by atoms with Gasteiger partial charge in [0.25, 0.3) is 0 Å². The van der Waals surface area contributed by atoms with Gasteiger partial charge < -0.3 is 5.32 Å². The third kappa shape index (κ3) is 1.53. The van der Waals surface area contributed by atoms with Gasteiger partial charge in [0.15, 0.2) is 0 Å². The number of nitrogens with one attached hydrogen (secondary N) is 1. The molecule has 1 aromatic heterocycles. The van der Waals surface area contributed by atoms with Crippen LogP contribution in [0.15, 0.2) is 18.2 Å². The molecule has 0 bridgehead atoms. The zero-order chi connectivity index (χ0) is 10.3. The summed E-state index contributed by atoms with van der Waals surface area (Å²) in [5.41, 5.74) is 2.24. The number of piperidine rings is 1. The van der Waals surface area contributed by atoms with Crippen molar-refractivity contribution in [2.75, 3.05) is 13.1 Å². The van der Waals surface area contributed by atoms with E-state index < -0.39 is 0 Å². The Morgan fingerprint density at radius 1 is 1.53 bits per heavy atom. The van der Waals surface area contributed by atoms with E-state index >= 15 is 0 Å². The summed E-state index contributed by atoms with van der Waals surface area (Å²) in [4.78, 5) is 4.39. The second-order valence-corrected chi connectivity index (χ2v) is 4.60. The number of nitrogens with zero attached hydrogens (tertiary/aromatic N) is 1. The van der Waals surface area contributed by atoms with Gasteiger partial charge in [0, 0.05) is 17.7 Å². The molecule has 1 saturated heterocycles. The fourth-order valence-corrected chi connectivity index (χ4v) is 2.33. The van der Waals surface area contributed by atoms with Crippen LogP contribution in [0.2, 0.25) is 0 Å². The Kier molecular flexibility index (Phi) is 1.83. The first-order chi connectivity index (χ1) is 7.28. The number of fused-ring (bicyclic) bond motifs is 1. The van der Waals surface area contributed by atoms with E-state index in [0.717, 1.165) is 30.4 Å². The fourth-order valence-electron chi connectivity index (χ4n) is 2.33. The zero-order valence-corrected chi connectivity index (χ0v) is 8.88. The molecule has 0 amide bonds. The second kappa shape index (κ2) is 3.08. The third-order valence-electron chi connectivity index (χ3n) is 3.39. The molecule has 2 heterocycles. The Bertz CT molecular complexity index is 455. The Morgan fingerprint density at radius 2 is 2.47 bits per heavy atom. The van der Waals surface area contributed by atoms with Gasteiger partial charge in [0.1, 0.15) is 5.69 Å². The highest BCUT2D eigenvalue weighted by atomic mass is 15.0. The van der Waals surface area contributed by atoms with Gasteiger partial charge in [0.05, 0.1) is 0 Å². The van der Waals surface area contributed by atoms with E-state index in [0.29, 0.717) is 5.41 Å². The minimum absolute atomic E-state index is 0.297. The maximum Gasteiger partial charge on any atom is 0.113 e. The van der Waals surface area contributed by atoms with Gasteiger partial charge >= 0.3 is 0 Å². The summed E-state index contributed by atoms with van der Waals surface area (Å²) in [5, 5.41) is 3.39. The van der Waals surface area contributed by atoms with Gasteiger partial charge in [-0.05, 0) is 43.9 Å². The Morgan fingerprint density at radius 3 is 3.13 bits per heavy atom. The average molecular weight is 198 g/mol. The van der Waals surface area contributed by atoms with E-state index in [1.54, 1.807) is 0 Å². The summed E-state index contributed by atoms with van der Waals surface area (Å²) in [6, 6.07) is 6.00. The topological polar surface area (TPSA) is 24.9 Å². The van der Waals surface area contributed by atoms with E-state index in [1.807, 2.05) is 25.1 Å². The molecule has 0 aromatic carbocycles. The van der Waals surface area contributed by atoms with Crippen LogP contribution >= 0.6 is 0 Å². The predicted molar refractivity (Wildman–Crippen MR) is 59.3 cm³/mol. The molecule has 1 aliphatic heterocycles. The van der Waals surface area contributed by atoms with Crippen LogP contribution in [0.5, 0.6) is 0 Å². The highest BCUT2D eigenvalue weighted by molar-refractivity contribution is 5.35. The van der Waals surface area contributed by atoms with Crippen molar-refractivity contribution in [3.8, 4) is 11.8 Å². The summed E-state index contributed by atoms with van der Waals surface area (Å²) < 4.78 is 0. The summed E-state index contributed by atoms with van der Waals surface area (Å²) in [7, 11) is 0. The number of aryl methyl sites for hydroxylation is 1. The molecule has 1 aromatic rings. The first-order valence-electron chi connectivity index (χ1n) is 5.46. The van der Waals surface area contributed by atoms with E-state index in [-0.39, 0.29) is 0 Å². The van der Waals surface area contributed by atoms with Crippen LogP contribution in [0.4, 0.5) is 0 Å². The highest BCUT2D eigenvalue weighted by Crippen LogP contribution is 2.54. The van der Waals surface area contributed by atoms with Gasteiger partial charge in [-0.1, -0.05) is 12.0 Å². The third-order valence-corrected chi connectivity index (χ3v) is 3.39. The van der Waals surface area contributed by atoms with Crippen LogP contribution in [0.3, 0.4) is 0 Å². The van der Waals surface area contributed by atoms with Gasteiger partial charge in [-0.25, -0.2) is 4.98 Å². The molecule has 2 unspecified atom stereocenters. The maximum atomic E-state index is 4.39. The Hall–Kier alpha value is -1.33. The molecule has 0 radical (unpaired) electrons. The molecule has 0 spiro atoms. The fraction of sp³-hybridized carbons (Fsp3) is 0.462. The van der Waals surface area contributed by atoms with E-state index in [4.69, 9.17) is 0 Å². The molecule has 2 nitrogen and oxygen atoms in total. The summed E-state index contributed by atoms with van der Waals surface area (Å²) in [6.45, 7) is 4.22. The largest absolute Gasteiger partial charge is 0.315 e. The van der Waals surface area contributed by atoms with Crippen LogP contribution in [0.1, 0.15) is 17.8 Å². The summed E-state index contributed by atoms with van der Waals surface area (Å²) in [5.74, 6) is 7.41. The van der Waals surface area contributed by atoms with Crippen molar-refractivity contribution in [3.05, 3.63) is 29.6 Å².